The van der Waals surface area contributed by atoms with E-state index in [-0.39, 0.29) is 18.0 Å². The minimum absolute atomic E-state index is 0.0323. The monoisotopic (exact) mass is 349 g/mol. The predicted octanol–water partition coefficient (Wildman–Crippen LogP) is 4.23. The third kappa shape index (κ3) is 3.41. The van der Waals surface area contributed by atoms with Gasteiger partial charge in [-0.1, -0.05) is 73.5 Å². The van der Waals surface area contributed by atoms with Crippen molar-refractivity contribution >= 4 is 5.97 Å². The largest absolute Gasteiger partial charge is 0.460 e. The summed E-state index contributed by atoms with van der Waals surface area (Å²) >= 11 is 0. The number of fused-ring (bicyclic) bond motifs is 2. The third-order valence-electron chi connectivity index (χ3n) is 6.01. The molecule has 2 fully saturated rings. The predicted molar refractivity (Wildman–Crippen MR) is 103 cm³/mol. The van der Waals surface area contributed by atoms with Gasteiger partial charge in [0.05, 0.1) is 0 Å². The molecule has 0 radical (unpaired) electrons. The molecule has 0 amide bonds. The first kappa shape index (κ1) is 17.3. The van der Waals surface area contributed by atoms with Gasteiger partial charge in [0.2, 0.25) is 0 Å². The average molecular weight is 349 g/mol. The number of carbonyl (C=O) groups is 1. The molecule has 1 saturated heterocycles. The van der Waals surface area contributed by atoms with Gasteiger partial charge in [-0.05, 0) is 31.0 Å². The van der Waals surface area contributed by atoms with E-state index in [2.05, 4.69) is 11.9 Å². The van der Waals surface area contributed by atoms with E-state index >= 15 is 0 Å². The highest BCUT2D eigenvalue weighted by atomic mass is 16.5. The molecule has 3 heteroatoms. The van der Waals surface area contributed by atoms with Gasteiger partial charge in [-0.15, -0.1) is 0 Å². The van der Waals surface area contributed by atoms with Crippen molar-refractivity contribution in [2.45, 2.75) is 43.7 Å². The molecule has 136 valence electrons. The Kier molecular flexibility index (Phi) is 5.07. The van der Waals surface area contributed by atoms with E-state index in [1.54, 1.807) is 0 Å². The molecule has 2 bridgehead atoms. The van der Waals surface area contributed by atoms with Crippen molar-refractivity contribution in [1.82, 2.24) is 4.90 Å². The molecule has 1 saturated carbocycles. The Balaban J connectivity index is 1.61. The maximum Gasteiger partial charge on any atom is 0.318 e. The molecule has 3 unspecified atom stereocenters. The highest BCUT2D eigenvalue weighted by Gasteiger charge is 2.44. The molecule has 1 aliphatic carbocycles. The van der Waals surface area contributed by atoms with Crippen molar-refractivity contribution in [2.75, 3.05) is 13.6 Å². The van der Waals surface area contributed by atoms with E-state index in [0.29, 0.717) is 12.0 Å². The Morgan fingerprint density at radius 2 is 1.54 bits per heavy atom. The second-order valence-electron chi connectivity index (χ2n) is 7.71. The van der Waals surface area contributed by atoms with E-state index in [4.69, 9.17) is 4.74 Å². The van der Waals surface area contributed by atoms with Gasteiger partial charge in [0, 0.05) is 18.5 Å². The second-order valence-corrected chi connectivity index (χ2v) is 7.71. The Hall–Kier alpha value is -2.13. The SMILES string of the molecule is CN1CC2CCCCC1C2OC(=O)C(c1ccccc1)c1ccccc1. The van der Waals surface area contributed by atoms with Gasteiger partial charge in [0.25, 0.3) is 0 Å². The van der Waals surface area contributed by atoms with Crippen molar-refractivity contribution in [1.29, 1.82) is 0 Å². The summed E-state index contributed by atoms with van der Waals surface area (Å²) in [6.45, 7) is 1.05. The molecule has 3 atom stereocenters. The minimum atomic E-state index is -0.356. The summed E-state index contributed by atoms with van der Waals surface area (Å²) in [6.07, 6.45) is 4.82. The molecule has 1 aliphatic heterocycles. The van der Waals surface area contributed by atoms with Crippen molar-refractivity contribution < 1.29 is 9.53 Å². The van der Waals surface area contributed by atoms with Crippen LogP contribution in [0.5, 0.6) is 0 Å². The highest BCUT2D eigenvalue weighted by Crippen LogP contribution is 2.37. The lowest BCUT2D eigenvalue weighted by Gasteiger charge is -2.27. The lowest BCUT2D eigenvalue weighted by atomic mass is 9.91. The van der Waals surface area contributed by atoms with Crippen LogP contribution >= 0.6 is 0 Å². The van der Waals surface area contributed by atoms with Gasteiger partial charge < -0.3 is 4.74 Å². The molecule has 4 rings (SSSR count). The standard InChI is InChI=1S/C23H27NO2/c1-24-16-19-14-8-9-15-20(24)22(19)26-23(25)21(17-10-4-2-5-11-17)18-12-6-3-7-13-18/h2-7,10-13,19-22H,8-9,14-16H2,1H3. The molecule has 3 nitrogen and oxygen atoms in total. The summed E-state index contributed by atoms with van der Waals surface area (Å²) in [5, 5.41) is 0. The van der Waals surface area contributed by atoms with E-state index in [0.717, 1.165) is 24.1 Å². The Labute approximate surface area is 156 Å². The first-order valence-corrected chi connectivity index (χ1v) is 9.74. The number of hydrogen-bond donors (Lipinski definition) is 0. The van der Waals surface area contributed by atoms with Crippen LogP contribution in [0.1, 0.15) is 42.7 Å². The Bertz CT molecular complexity index is 691. The molecule has 0 aromatic heterocycles. The van der Waals surface area contributed by atoms with Crippen LogP contribution < -0.4 is 0 Å². The Morgan fingerprint density at radius 3 is 2.15 bits per heavy atom. The second kappa shape index (κ2) is 7.63. The van der Waals surface area contributed by atoms with Crippen molar-refractivity contribution in [2.24, 2.45) is 5.92 Å². The zero-order valence-electron chi connectivity index (χ0n) is 15.4. The van der Waals surface area contributed by atoms with Crippen LogP contribution in [0.25, 0.3) is 0 Å². The molecular weight excluding hydrogens is 322 g/mol. The maximum absolute atomic E-state index is 13.3. The van der Waals surface area contributed by atoms with Crippen molar-refractivity contribution in [3.05, 3.63) is 71.8 Å². The molecule has 2 aromatic carbocycles. The van der Waals surface area contributed by atoms with Crippen LogP contribution in [0.15, 0.2) is 60.7 Å². The number of hydrogen-bond acceptors (Lipinski definition) is 3. The van der Waals surface area contributed by atoms with Gasteiger partial charge in [-0.3, -0.25) is 9.69 Å². The lowest BCUT2D eigenvalue weighted by molar-refractivity contribution is -0.152. The van der Waals surface area contributed by atoms with Gasteiger partial charge in [0.1, 0.15) is 12.0 Å². The number of likely N-dealkylation sites (tertiary alicyclic amines) is 1. The summed E-state index contributed by atoms with van der Waals surface area (Å²) in [7, 11) is 2.17. The summed E-state index contributed by atoms with van der Waals surface area (Å²) in [5.74, 6) is 0.00797. The van der Waals surface area contributed by atoms with Crippen LogP contribution in [0.4, 0.5) is 0 Å². The molecular formula is C23H27NO2. The maximum atomic E-state index is 13.3. The van der Waals surface area contributed by atoms with Crippen LogP contribution in [0.3, 0.4) is 0 Å². The summed E-state index contributed by atoms with van der Waals surface area (Å²) in [5.41, 5.74) is 2.00. The van der Waals surface area contributed by atoms with Gasteiger partial charge in [-0.2, -0.15) is 0 Å². The van der Waals surface area contributed by atoms with Gasteiger partial charge >= 0.3 is 5.97 Å². The number of benzene rings is 2. The number of carbonyl (C=O) groups excluding carboxylic acids is 1. The van der Waals surface area contributed by atoms with Gasteiger partial charge in [-0.25, -0.2) is 0 Å². The van der Waals surface area contributed by atoms with E-state index in [1.165, 1.54) is 19.3 Å². The van der Waals surface area contributed by atoms with E-state index in [1.807, 2.05) is 60.7 Å². The zero-order chi connectivity index (χ0) is 17.9. The molecule has 2 aliphatic rings. The average Bonchev–Trinajstić information content (AvgIpc) is 2.81. The van der Waals surface area contributed by atoms with Crippen LogP contribution in [-0.2, 0) is 9.53 Å². The number of likely N-dealkylation sites (N-methyl/N-ethyl adjacent to an activating group) is 1. The number of ether oxygens (including phenoxy) is 1. The topological polar surface area (TPSA) is 29.5 Å². The minimum Gasteiger partial charge on any atom is -0.460 e. The van der Waals surface area contributed by atoms with Crippen molar-refractivity contribution in [3.8, 4) is 0 Å². The summed E-state index contributed by atoms with van der Waals surface area (Å²) in [4.78, 5) is 15.7. The molecule has 0 N–H and O–H groups in total. The van der Waals surface area contributed by atoms with E-state index in [9.17, 15) is 4.79 Å². The normalized spacial score (nSPS) is 25.8. The van der Waals surface area contributed by atoms with Crippen LogP contribution in [0, 0.1) is 5.92 Å². The van der Waals surface area contributed by atoms with Gasteiger partial charge in [0.15, 0.2) is 0 Å². The molecule has 26 heavy (non-hydrogen) atoms. The fraction of sp³-hybridized carbons (Fsp3) is 0.435. The van der Waals surface area contributed by atoms with Crippen molar-refractivity contribution in [3.63, 3.8) is 0 Å². The highest BCUT2D eigenvalue weighted by molar-refractivity contribution is 5.82. The molecule has 1 heterocycles. The van der Waals surface area contributed by atoms with E-state index < -0.39 is 0 Å². The number of esters is 1. The number of rotatable bonds is 4. The first-order chi connectivity index (χ1) is 12.7. The summed E-state index contributed by atoms with van der Waals surface area (Å²) < 4.78 is 6.22. The third-order valence-corrected chi connectivity index (χ3v) is 6.01. The number of nitrogens with zero attached hydrogens (tertiary/aromatic N) is 1. The molecule has 0 spiro atoms. The lowest BCUT2D eigenvalue weighted by Crippen LogP contribution is -2.37. The fourth-order valence-electron chi connectivity index (χ4n) is 4.71. The van der Waals surface area contributed by atoms with Crippen LogP contribution in [-0.4, -0.2) is 36.6 Å². The first-order valence-electron chi connectivity index (χ1n) is 9.74. The zero-order valence-corrected chi connectivity index (χ0v) is 15.4. The summed E-state index contributed by atoms with van der Waals surface area (Å²) in [6, 6.07) is 20.4. The fourth-order valence-corrected chi connectivity index (χ4v) is 4.71. The smallest absolute Gasteiger partial charge is 0.318 e. The quantitative estimate of drug-likeness (QED) is 0.774. The Morgan fingerprint density at radius 1 is 0.962 bits per heavy atom. The molecule has 2 aromatic rings. The van der Waals surface area contributed by atoms with Crippen LogP contribution in [0.2, 0.25) is 0 Å².